The molecular formula is C25H40O. The van der Waals surface area contributed by atoms with Gasteiger partial charge < -0.3 is 5.11 Å². The fourth-order valence-electron chi connectivity index (χ4n) is 2.50. The van der Waals surface area contributed by atoms with Gasteiger partial charge in [-0.2, -0.15) is 0 Å². The highest BCUT2D eigenvalue weighted by molar-refractivity contribution is 5.01. The molecule has 0 rings (SSSR count). The Kier molecular flexibility index (Phi) is 20.1. The summed E-state index contributed by atoms with van der Waals surface area (Å²) < 4.78 is 0. The van der Waals surface area contributed by atoms with Gasteiger partial charge in [-0.25, -0.2) is 0 Å². The smallest absolute Gasteiger partial charge is 0.0462 e. The van der Waals surface area contributed by atoms with Gasteiger partial charge in [-0.15, -0.1) is 0 Å². The lowest BCUT2D eigenvalue weighted by Gasteiger charge is -2.08. The van der Waals surface area contributed by atoms with Crippen molar-refractivity contribution < 1.29 is 5.11 Å². The molecule has 0 spiro atoms. The maximum Gasteiger partial charge on any atom is 0.0462 e. The van der Waals surface area contributed by atoms with Crippen LogP contribution in [0.5, 0.6) is 0 Å². The van der Waals surface area contributed by atoms with Crippen molar-refractivity contribution in [3.63, 3.8) is 0 Å². The van der Waals surface area contributed by atoms with Gasteiger partial charge in [0, 0.05) is 6.61 Å². The van der Waals surface area contributed by atoms with Crippen LogP contribution in [0.4, 0.5) is 0 Å². The van der Waals surface area contributed by atoms with Crippen molar-refractivity contribution in [3.05, 3.63) is 72.9 Å². The highest BCUT2D eigenvalue weighted by Gasteiger charge is 2.02. The van der Waals surface area contributed by atoms with Crippen molar-refractivity contribution in [2.75, 3.05) is 6.61 Å². The molecule has 1 atom stereocenters. The fraction of sp³-hybridized carbons (Fsp3) is 0.520. The fourth-order valence-corrected chi connectivity index (χ4v) is 2.50. The van der Waals surface area contributed by atoms with Crippen LogP contribution in [0.3, 0.4) is 0 Å². The normalized spacial score (nSPS) is 14.4. The summed E-state index contributed by atoms with van der Waals surface area (Å²) in [6.45, 7) is 4.63. The lowest BCUT2D eigenvalue weighted by Crippen LogP contribution is -2.03. The summed E-state index contributed by atoms with van der Waals surface area (Å²) in [5, 5.41) is 9.23. The summed E-state index contributed by atoms with van der Waals surface area (Å²) in [5.41, 5.74) is 0. The number of allylic oxidation sites excluding steroid dienone is 12. The molecule has 0 bridgehead atoms. The molecule has 0 aliphatic carbocycles. The SMILES string of the molecule is CCC=CCC=CCC=CCC=CCC=CCC=CCC(CO)CCC. The van der Waals surface area contributed by atoms with Crippen molar-refractivity contribution >= 4 is 0 Å². The molecule has 0 aromatic carbocycles. The summed E-state index contributed by atoms with van der Waals surface area (Å²) in [6.07, 6.45) is 36.0. The molecule has 0 aliphatic heterocycles. The minimum atomic E-state index is 0.305. The molecule has 26 heavy (non-hydrogen) atoms. The van der Waals surface area contributed by atoms with E-state index in [1.54, 1.807) is 0 Å². The van der Waals surface area contributed by atoms with E-state index in [4.69, 9.17) is 0 Å². The van der Waals surface area contributed by atoms with Gasteiger partial charge in [-0.1, -0.05) is 93.2 Å². The molecule has 0 aromatic rings. The molecule has 0 fully saturated rings. The Morgan fingerprint density at radius 1 is 0.577 bits per heavy atom. The van der Waals surface area contributed by atoms with Gasteiger partial charge in [-0.3, -0.25) is 0 Å². The third-order valence-electron chi connectivity index (χ3n) is 4.02. The van der Waals surface area contributed by atoms with Crippen molar-refractivity contribution in [2.45, 2.75) is 71.6 Å². The molecule has 0 saturated heterocycles. The molecule has 1 heteroatoms. The minimum Gasteiger partial charge on any atom is -0.396 e. The second-order valence-corrected chi connectivity index (χ2v) is 6.49. The molecule has 0 radical (unpaired) electrons. The third-order valence-corrected chi connectivity index (χ3v) is 4.02. The highest BCUT2D eigenvalue weighted by Crippen LogP contribution is 2.11. The van der Waals surface area contributed by atoms with Crippen molar-refractivity contribution in [1.82, 2.24) is 0 Å². The second-order valence-electron chi connectivity index (χ2n) is 6.49. The van der Waals surface area contributed by atoms with Crippen LogP contribution in [-0.2, 0) is 0 Å². The Labute approximate surface area is 162 Å². The Morgan fingerprint density at radius 2 is 0.962 bits per heavy atom. The van der Waals surface area contributed by atoms with Crippen LogP contribution in [0.15, 0.2) is 72.9 Å². The van der Waals surface area contributed by atoms with Crippen LogP contribution < -0.4 is 0 Å². The van der Waals surface area contributed by atoms with Crippen molar-refractivity contribution in [3.8, 4) is 0 Å². The lowest BCUT2D eigenvalue weighted by molar-refractivity contribution is 0.219. The van der Waals surface area contributed by atoms with E-state index >= 15 is 0 Å². The van der Waals surface area contributed by atoms with Gasteiger partial charge in [0.1, 0.15) is 0 Å². The summed E-state index contributed by atoms with van der Waals surface area (Å²) in [5.74, 6) is 0.435. The van der Waals surface area contributed by atoms with Crippen LogP contribution in [0, 0.1) is 5.92 Å². The van der Waals surface area contributed by atoms with Crippen LogP contribution in [-0.4, -0.2) is 11.7 Å². The molecule has 1 N–H and O–H groups in total. The van der Waals surface area contributed by atoms with E-state index in [0.29, 0.717) is 12.5 Å². The zero-order valence-corrected chi connectivity index (χ0v) is 17.0. The Hall–Kier alpha value is -1.60. The number of hydrogen-bond donors (Lipinski definition) is 1. The van der Waals surface area contributed by atoms with Crippen LogP contribution in [0.1, 0.15) is 71.6 Å². The zero-order valence-electron chi connectivity index (χ0n) is 17.0. The maximum atomic E-state index is 9.23. The van der Waals surface area contributed by atoms with E-state index in [-0.39, 0.29) is 0 Å². The number of hydrogen-bond acceptors (Lipinski definition) is 1. The van der Waals surface area contributed by atoms with Crippen molar-refractivity contribution in [1.29, 1.82) is 0 Å². The van der Waals surface area contributed by atoms with Crippen LogP contribution >= 0.6 is 0 Å². The standard InChI is InChI=1S/C25H40O/c1-3-5-6-7-8-9-10-11-12-13-14-15-16-17-18-19-20-21-23-25(24-26)22-4-2/h5-6,8-9,11-12,14-15,17-18,20-21,25-26H,3-4,7,10,13,16,19,22-24H2,1-2H3. The van der Waals surface area contributed by atoms with Gasteiger partial charge in [0.2, 0.25) is 0 Å². The molecule has 0 aliphatic rings. The first-order valence-corrected chi connectivity index (χ1v) is 10.4. The Bertz CT molecular complexity index is 449. The van der Waals surface area contributed by atoms with E-state index in [1.807, 2.05) is 0 Å². The lowest BCUT2D eigenvalue weighted by atomic mass is 10.0. The van der Waals surface area contributed by atoms with E-state index in [0.717, 1.165) is 57.8 Å². The van der Waals surface area contributed by atoms with E-state index < -0.39 is 0 Å². The first-order valence-electron chi connectivity index (χ1n) is 10.4. The number of aliphatic hydroxyl groups excluding tert-OH is 1. The highest BCUT2D eigenvalue weighted by atomic mass is 16.3. The van der Waals surface area contributed by atoms with E-state index in [1.165, 1.54) is 0 Å². The van der Waals surface area contributed by atoms with E-state index in [2.05, 4.69) is 86.8 Å². The summed E-state index contributed by atoms with van der Waals surface area (Å²) in [7, 11) is 0. The van der Waals surface area contributed by atoms with Crippen LogP contribution in [0.25, 0.3) is 0 Å². The molecule has 0 amide bonds. The summed E-state index contributed by atoms with van der Waals surface area (Å²) in [6, 6.07) is 0. The zero-order chi connectivity index (χ0) is 19.1. The summed E-state index contributed by atoms with van der Waals surface area (Å²) >= 11 is 0. The van der Waals surface area contributed by atoms with Crippen LogP contribution in [0.2, 0.25) is 0 Å². The molecule has 1 unspecified atom stereocenters. The summed E-state index contributed by atoms with van der Waals surface area (Å²) in [4.78, 5) is 0. The Morgan fingerprint density at radius 3 is 1.31 bits per heavy atom. The van der Waals surface area contributed by atoms with Gasteiger partial charge in [0.15, 0.2) is 0 Å². The predicted molar refractivity (Wildman–Crippen MR) is 118 cm³/mol. The quantitative estimate of drug-likeness (QED) is 0.284. The molecule has 0 saturated carbocycles. The monoisotopic (exact) mass is 356 g/mol. The maximum absolute atomic E-state index is 9.23. The van der Waals surface area contributed by atoms with Gasteiger partial charge in [0.25, 0.3) is 0 Å². The third kappa shape index (κ3) is 18.7. The minimum absolute atomic E-state index is 0.305. The number of aliphatic hydroxyl groups is 1. The largest absolute Gasteiger partial charge is 0.396 e. The average Bonchev–Trinajstić information content (AvgIpc) is 2.66. The van der Waals surface area contributed by atoms with Gasteiger partial charge in [0.05, 0.1) is 0 Å². The molecule has 146 valence electrons. The topological polar surface area (TPSA) is 20.2 Å². The molecular weight excluding hydrogens is 316 g/mol. The molecule has 0 aromatic heterocycles. The predicted octanol–water partition coefficient (Wildman–Crippen LogP) is 7.48. The van der Waals surface area contributed by atoms with E-state index in [9.17, 15) is 5.11 Å². The van der Waals surface area contributed by atoms with Crippen molar-refractivity contribution in [2.24, 2.45) is 5.92 Å². The first kappa shape index (κ1) is 24.4. The molecule has 1 nitrogen and oxygen atoms in total. The Balaban J connectivity index is 3.61. The number of rotatable bonds is 16. The first-order chi connectivity index (χ1) is 12.8. The second kappa shape index (κ2) is 21.4. The van der Waals surface area contributed by atoms with Gasteiger partial charge in [-0.05, 0) is 57.3 Å². The molecule has 0 heterocycles. The van der Waals surface area contributed by atoms with Gasteiger partial charge >= 0.3 is 0 Å². The average molecular weight is 357 g/mol.